The summed E-state index contributed by atoms with van der Waals surface area (Å²) in [6.45, 7) is 4.36. The standard InChI is InChI=1S/C14H22N2/c1-12-5-7-13(8-6-12)14(11-16(2)3)9-4-10-15-14/h5-8,15H,4,9-11H2,1-3H3. The summed E-state index contributed by atoms with van der Waals surface area (Å²) in [7, 11) is 4.30. The first-order valence-electron chi connectivity index (χ1n) is 6.09. The van der Waals surface area contributed by atoms with E-state index >= 15 is 0 Å². The normalized spacial score (nSPS) is 25.2. The first-order chi connectivity index (χ1) is 7.62. The summed E-state index contributed by atoms with van der Waals surface area (Å²) < 4.78 is 0. The number of hydrogen-bond acceptors (Lipinski definition) is 2. The molecule has 2 heteroatoms. The molecule has 0 spiro atoms. The average Bonchev–Trinajstić information content (AvgIpc) is 2.67. The number of aryl methyl sites for hydroxylation is 1. The van der Waals surface area contributed by atoms with Crippen molar-refractivity contribution in [3.63, 3.8) is 0 Å². The zero-order valence-corrected chi connectivity index (χ0v) is 10.6. The van der Waals surface area contributed by atoms with Gasteiger partial charge in [0.25, 0.3) is 0 Å². The van der Waals surface area contributed by atoms with Gasteiger partial charge in [-0.15, -0.1) is 0 Å². The number of hydrogen-bond donors (Lipinski definition) is 1. The van der Waals surface area contributed by atoms with Crippen molar-refractivity contribution in [3.05, 3.63) is 35.4 Å². The third-order valence-electron chi connectivity index (χ3n) is 3.43. The predicted octanol–water partition coefficient (Wildman–Crippen LogP) is 2.14. The van der Waals surface area contributed by atoms with Gasteiger partial charge in [-0.2, -0.15) is 0 Å². The Balaban J connectivity index is 2.28. The molecule has 2 nitrogen and oxygen atoms in total. The Bertz CT molecular complexity index is 334. The highest BCUT2D eigenvalue weighted by Gasteiger charge is 2.35. The molecule has 1 aliphatic heterocycles. The van der Waals surface area contributed by atoms with Crippen LogP contribution in [0.5, 0.6) is 0 Å². The van der Waals surface area contributed by atoms with Crippen LogP contribution in [0, 0.1) is 6.92 Å². The van der Waals surface area contributed by atoms with Gasteiger partial charge >= 0.3 is 0 Å². The second-order valence-electron chi connectivity index (χ2n) is 5.22. The average molecular weight is 218 g/mol. The Morgan fingerprint density at radius 1 is 1.25 bits per heavy atom. The van der Waals surface area contributed by atoms with Crippen LogP contribution in [0.2, 0.25) is 0 Å². The molecule has 1 N–H and O–H groups in total. The summed E-state index contributed by atoms with van der Waals surface area (Å²) in [5, 5.41) is 3.70. The van der Waals surface area contributed by atoms with Gasteiger partial charge in [-0.05, 0) is 46.0 Å². The zero-order valence-electron chi connectivity index (χ0n) is 10.6. The van der Waals surface area contributed by atoms with Crippen LogP contribution >= 0.6 is 0 Å². The van der Waals surface area contributed by atoms with E-state index in [-0.39, 0.29) is 5.54 Å². The maximum atomic E-state index is 3.70. The summed E-state index contributed by atoms with van der Waals surface area (Å²) in [5.74, 6) is 0. The molecule has 0 saturated carbocycles. The fraction of sp³-hybridized carbons (Fsp3) is 0.571. The second kappa shape index (κ2) is 4.56. The Hall–Kier alpha value is -0.860. The van der Waals surface area contributed by atoms with Crippen molar-refractivity contribution < 1.29 is 0 Å². The van der Waals surface area contributed by atoms with Crippen LogP contribution in [-0.4, -0.2) is 32.1 Å². The summed E-state index contributed by atoms with van der Waals surface area (Å²) in [6, 6.07) is 8.98. The molecule has 0 aromatic heterocycles. The van der Waals surface area contributed by atoms with Crippen molar-refractivity contribution >= 4 is 0 Å². The third kappa shape index (κ3) is 2.28. The minimum atomic E-state index is 0.178. The van der Waals surface area contributed by atoms with E-state index in [1.165, 1.54) is 24.0 Å². The Morgan fingerprint density at radius 2 is 1.94 bits per heavy atom. The van der Waals surface area contributed by atoms with Gasteiger partial charge in [0.05, 0.1) is 5.54 Å². The van der Waals surface area contributed by atoms with Crippen LogP contribution < -0.4 is 5.32 Å². The van der Waals surface area contributed by atoms with Crippen LogP contribution in [0.4, 0.5) is 0 Å². The van der Waals surface area contributed by atoms with Crippen LogP contribution in [0.15, 0.2) is 24.3 Å². The minimum Gasteiger partial charge on any atom is -0.307 e. The third-order valence-corrected chi connectivity index (χ3v) is 3.43. The van der Waals surface area contributed by atoms with Gasteiger partial charge in [0.15, 0.2) is 0 Å². The highest BCUT2D eigenvalue weighted by molar-refractivity contribution is 5.29. The molecule has 0 bridgehead atoms. The molecule has 16 heavy (non-hydrogen) atoms. The molecular formula is C14H22N2. The van der Waals surface area contributed by atoms with E-state index in [1.54, 1.807) is 0 Å². The first-order valence-corrected chi connectivity index (χ1v) is 6.09. The molecule has 1 aliphatic rings. The number of nitrogens with zero attached hydrogens (tertiary/aromatic N) is 1. The fourth-order valence-corrected chi connectivity index (χ4v) is 2.69. The number of benzene rings is 1. The van der Waals surface area contributed by atoms with Gasteiger partial charge in [0.1, 0.15) is 0 Å². The lowest BCUT2D eigenvalue weighted by atomic mass is 9.87. The van der Waals surface area contributed by atoms with Crippen molar-refractivity contribution in [2.24, 2.45) is 0 Å². The van der Waals surface area contributed by atoms with Crippen molar-refractivity contribution in [3.8, 4) is 0 Å². The molecule has 0 radical (unpaired) electrons. The van der Waals surface area contributed by atoms with Crippen molar-refractivity contribution in [1.82, 2.24) is 10.2 Å². The molecule has 1 fully saturated rings. The van der Waals surface area contributed by atoms with Gasteiger partial charge in [-0.1, -0.05) is 29.8 Å². The minimum absolute atomic E-state index is 0.178. The van der Waals surface area contributed by atoms with E-state index < -0.39 is 0 Å². The van der Waals surface area contributed by atoms with Gasteiger partial charge in [0.2, 0.25) is 0 Å². The smallest absolute Gasteiger partial charge is 0.0563 e. The van der Waals surface area contributed by atoms with Crippen LogP contribution in [0.1, 0.15) is 24.0 Å². The monoisotopic (exact) mass is 218 g/mol. The van der Waals surface area contributed by atoms with E-state index in [9.17, 15) is 0 Å². The quantitative estimate of drug-likeness (QED) is 0.836. The molecule has 0 aliphatic carbocycles. The Labute approximate surface area is 98.7 Å². The lowest BCUT2D eigenvalue weighted by Crippen LogP contribution is -2.45. The topological polar surface area (TPSA) is 15.3 Å². The molecule has 1 aromatic rings. The largest absolute Gasteiger partial charge is 0.307 e. The van der Waals surface area contributed by atoms with E-state index in [2.05, 4.69) is 55.5 Å². The maximum absolute atomic E-state index is 3.70. The Kier molecular flexibility index (Phi) is 3.31. The lowest BCUT2D eigenvalue weighted by molar-refractivity contribution is 0.260. The van der Waals surface area contributed by atoms with Gasteiger partial charge < -0.3 is 10.2 Å². The molecule has 0 amide bonds. The molecule has 1 saturated heterocycles. The second-order valence-corrected chi connectivity index (χ2v) is 5.22. The first kappa shape index (κ1) is 11.6. The highest BCUT2D eigenvalue weighted by Crippen LogP contribution is 2.31. The SMILES string of the molecule is Cc1ccc(C2(CN(C)C)CCCN2)cc1. The number of likely N-dealkylation sites (N-methyl/N-ethyl adjacent to an activating group) is 1. The summed E-state index contributed by atoms with van der Waals surface area (Å²) in [6.07, 6.45) is 2.52. The fourth-order valence-electron chi connectivity index (χ4n) is 2.69. The van der Waals surface area contributed by atoms with Crippen molar-refractivity contribution in [1.29, 1.82) is 0 Å². The Morgan fingerprint density at radius 3 is 2.44 bits per heavy atom. The van der Waals surface area contributed by atoms with Gasteiger partial charge in [-0.3, -0.25) is 0 Å². The van der Waals surface area contributed by atoms with Crippen molar-refractivity contribution in [2.75, 3.05) is 27.2 Å². The number of rotatable bonds is 3. The van der Waals surface area contributed by atoms with E-state index in [0.717, 1.165) is 13.1 Å². The van der Waals surface area contributed by atoms with Crippen LogP contribution in [0.3, 0.4) is 0 Å². The van der Waals surface area contributed by atoms with E-state index in [0.29, 0.717) is 0 Å². The van der Waals surface area contributed by atoms with Crippen molar-refractivity contribution in [2.45, 2.75) is 25.3 Å². The van der Waals surface area contributed by atoms with E-state index in [1.807, 2.05) is 0 Å². The number of nitrogens with one attached hydrogen (secondary N) is 1. The zero-order chi connectivity index (χ0) is 11.6. The van der Waals surface area contributed by atoms with Gasteiger partial charge in [-0.25, -0.2) is 0 Å². The lowest BCUT2D eigenvalue weighted by Gasteiger charge is -2.33. The molecule has 2 rings (SSSR count). The van der Waals surface area contributed by atoms with Gasteiger partial charge in [0, 0.05) is 6.54 Å². The summed E-state index contributed by atoms with van der Waals surface area (Å²) >= 11 is 0. The molecular weight excluding hydrogens is 196 g/mol. The predicted molar refractivity (Wildman–Crippen MR) is 68.6 cm³/mol. The summed E-state index contributed by atoms with van der Waals surface area (Å²) in [5.41, 5.74) is 2.95. The highest BCUT2D eigenvalue weighted by atomic mass is 15.1. The van der Waals surface area contributed by atoms with Crippen LogP contribution in [-0.2, 0) is 5.54 Å². The van der Waals surface area contributed by atoms with E-state index in [4.69, 9.17) is 0 Å². The molecule has 1 atom stereocenters. The summed E-state index contributed by atoms with van der Waals surface area (Å²) in [4.78, 5) is 2.28. The molecule has 1 aromatic carbocycles. The van der Waals surface area contributed by atoms with Crippen LogP contribution in [0.25, 0.3) is 0 Å². The molecule has 88 valence electrons. The molecule has 1 heterocycles. The maximum Gasteiger partial charge on any atom is 0.0563 e. The molecule has 1 unspecified atom stereocenters.